The van der Waals surface area contributed by atoms with E-state index in [9.17, 15) is 4.79 Å². The highest BCUT2D eigenvalue weighted by Gasteiger charge is 2.16. The fourth-order valence-electron chi connectivity index (χ4n) is 2.32. The summed E-state index contributed by atoms with van der Waals surface area (Å²) < 4.78 is 18.1. The molecule has 7 nitrogen and oxygen atoms in total. The van der Waals surface area contributed by atoms with Crippen molar-refractivity contribution in [1.82, 2.24) is 9.55 Å². The highest BCUT2D eigenvalue weighted by Crippen LogP contribution is 2.39. The molecular formula is C15H19N3O4S. The maximum Gasteiger partial charge on any atom is 0.252 e. The van der Waals surface area contributed by atoms with E-state index in [-0.39, 0.29) is 5.56 Å². The van der Waals surface area contributed by atoms with Crippen LogP contribution in [0.25, 0.3) is 11.3 Å². The number of methoxy groups -OCH3 is 3. The first-order valence-corrected chi connectivity index (χ1v) is 7.31. The van der Waals surface area contributed by atoms with Crippen molar-refractivity contribution in [3.05, 3.63) is 33.3 Å². The summed E-state index contributed by atoms with van der Waals surface area (Å²) in [5.41, 5.74) is 6.62. The molecule has 0 radical (unpaired) electrons. The molecule has 2 aromatic rings. The van der Waals surface area contributed by atoms with E-state index in [1.165, 1.54) is 6.07 Å². The topological polar surface area (TPSA) is 91.5 Å². The van der Waals surface area contributed by atoms with Gasteiger partial charge in [0.2, 0.25) is 0 Å². The van der Waals surface area contributed by atoms with Crippen molar-refractivity contribution in [2.45, 2.75) is 6.54 Å². The van der Waals surface area contributed by atoms with Crippen molar-refractivity contribution in [2.24, 2.45) is 5.73 Å². The first kappa shape index (κ1) is 17.0. The van der Waals surface area contributed by atoms with Crippen molar-refractivity contribution >= 4 is 12.2 Å². The second kappa shape index (κ2) is 7.30. The summed E-state index contributed by atoms with van der Waals surface area (Å²) in [5.74, 6) is 1.59. The normalized spacial score (nSPS) is 10.4. The van der Waals surface area contributed by atoms with Gasteiger partial charge < -0.3 is 24.5 Å². The van der Waals surface area contributed by atoms with E-state index in [4.69, 9.17) is 32.2 Å². The van der Waals surface area contributed by atoms with Crippen LogP contribution >= 0.6 is 12.2 Å². The maximum atomic E-state index is 11.9. The standard InChI is InChI=1S/C15H19N3O4S/c1-20-11-8-13(22-3)12(21-2)6-9(11)10-7-14(19)17-15(23)18(10)5-4-16/h6-8H,4-5,16H2,1-3H3,(H,17,19,23). The van der Waals surface area contributed by atoms with Crippen LogP contribution in [0, 0.1) is 4.77 Å². The lowest BCUT2D eigenvalue weighted by Gasteiger charge is -2.17. The Kier molecular flexibility index (Phi) is 5.41. The lowest BCUT2D eigenvalue weighted by atomic mass is 10.1. The Balaban J connectivity index is 2.80. The molecule has 0 unspecified atom stereocenters. The van der Waals surface area contributed by atoms with Crippen molar-refractivity contribution in [3.63, 3.8) is 0 Å². The van der Waals surface area contributed by atoms with Crippen LogP contribution in [-0.4, -0.2) is 37.4 Å². The van der Waals surface area contributed by atoms with Gasteiger partial charge >= 0.3 is 0 Å². The molecule has 0 saturated heterocycles. The van der Waals surface area contributed by atoms with E-state index in [1.807, 2.05) is 0 Å². The highest BCUT2D eigenvalue weighted by atomic mass is 32.1. The van der Waals surface area contributed by atoms with Gasteiger partial charge in [0, 0.05) is 30.8 Å². The van der Waals surface area contributed by atoms with Gasteiger partial charge in [0.1, 0.15) is 5.75 Å². The average Bonchev–Trinajstić information content (AvgIpc) is 2.55. The second-order valence-electron chi connectivity index (χ2n) is 4.67. The molecule has 0 amide bonds. The summed E-state index contributed by atoms with van der Waals surface area (Å²) in [6.07, 6.45) is 0. The first-order chi connectivity index (χ1) is 11.0. The van der Waals surface area contributed by atoms with Crippen LogP contribution in [0.15, 0.2) is 23.0 Å². The molecule has 1 aromatic heterocycles. The largest absolute Gasteiger partial charge is 0.496 e. The predicted molar refractivity (Wildman–Crippen MR) is 90.0 cm³/mol. The third-order valence-electron chi connectivity index (χ3n) is 3.37. The van der Waals surface area contributed by atoms with Crippen molar-refractivity contribution < 1.29 is 14.2 Å². The number of nitrogens with zero attached hydrogens (tertiary/aromatic N) is 1. The van der Waals surface area contributed by atoms with Gasteiger partial charge in [-0.25, -0.2) is 0 Å². The molecule has 8 heteroatoms. The molecule has 3 N–H and O–H groups in total. The molecule has 0 aliphatic rings. The lowest BCUT2D eigenvalue weighted by Crippen LogP contribution is -2.19. The summed E-state index contributed by atoms with van der Waals surface area (Å²) in [6.45, 7) is 0.839. The Labute approximate surface area is 138 Å². The van der Waals surface area contributed by atoms with E-state index in [0.717, 1.165) is 0 Å². The molecule has 0 aliphatic heterocycles. The van der Waals surface area contributed by atoms with Gasteiger partial charge in [-0.3, -0.25) is 9.78 Å². The minimum absolute atomic E-state index is 0.296. The van der Waals surface area contributed by atoms with Gasteiger partial charge in [0.25, 0.3) is 5.56 Å². The van der Waals surface area contributed by atoms with Crippen LogP contribution in [0.2, 0.25) is 0 Å². The first-order valence-electron chi connectivity index (χ1n) is 6.90. The number of nitrogens with one attached hydrogen (secondary N) is 1. The van der Waals surface area contributed by atoms with Crippen LogP contribution < -0.4 is 25.5 Å². The van der Waals surface area contributed by atoms with Crippen LogP contribution in [0.5, 0.6) is 17.2 Å². The SMILES string of the molecule is COc1cc(OC)c(-c2cc(=O)[nH]c(=S)n2CCN)cc1OC. The fourth-order valence-corrected chi connectivity index (χ4v) is 2.61. The molecule has 2 rings (SSSR count). The van der Waals surface area contributed by atoms with Gasteiger partial charge in [-0.15, -0.1) is 0 Å². The third-order valence-corrected chi connectivity index (χ3v) is 3.69. The number of rotatable bonds is 6. The van der Waals surface area contributed by atoms with Crippen molar-refractivity contribution in [1.29, 1.82) is 0 Å². The zero-order chi connectivity index (χ0) is 17.0. The fraction of sp³-hybridized carbons (Fsp3) is 0.333. The van der Waals surface area contributed by atoms with Crippen molar-refractivity contribution in [2.75, 3.05) is 27.9 Å². The minimum Gasteiger partial charge on any atom is -0.496 e. The predicted octanol–water partition coefficient (Wildman–Crippen LogP) is 1.56. The molecule has 0 bridgehead atoms. The number of hydrogen-bond acceptors (Lipinski definition) is 6. The number of nitrogens with two attached hydrogens (primary N) is 1. The van der Waals surface area contributed by atoms with Gasteiger partial charge in [-0.1, -0.05) is 0 Å². The Morgan fingerprint density at radius 1 is 1.09 bits per heavy atom. The molecule has 0 fully saturated rings. The van der Waals surface area contributed by atoms with E-state index in [1.54, 1.807) is 38.0 Å². The number of benzene rings is 1. The Hall–Kier alpha value is -2.32. The summed E-state index contributed by atoms with van der Waals surface area (Å²) in [4.78, 5) is 14.4. The number of H-pyrrole nitrogens is 1. The summed E-state index contributed by atoms with van der Waals surface area (Å²) in [6, 6.07) is 4.90. The smallest absolute Gasteiger partial charge is 0.252 e. The quantitative estimate of drug-likeness (QED) is 0.777. The van der Waals surface area contributed by atoms with E-state index in [0.29, 0.717) is 46.4 Å². The number of hydrogen-bond donors (Lipinski definition) is 2. The van der Waals surface area contributed by atoms with E-state index >= 15 is 0 Å². The number of ether oxygens (including phenoxy) is 3. The number of aromatic amines is 1. The second-order valence-corrected chi connectivity index (χ2v) is 5.06. The van der Waals surface area contributed by atoms with Gasteiger partial charge in [-0.05, 0) is 18.3 Å². The molecule has 0 saturated carbocycles. The van der Waals surface area contributed by atoms with E-state index < -0.39 is 0 Å². The Morgan fingerprint density at radius 2 is 1.70 bits per heavy atom. The van der Waals surface area contributed by atoms with Crippen molar-refractivity contribution in [3.8, 4) is 28.5 Å². The molecule has 1 aromatic carbocycles. The lowest BCUT2D eigenvalue weighted by molar-refractivity contribution is 0.349. The maximum absolute atomic E-state index is 11.9. The molecule has 0 aliphatic carbocycles. The minimum atomic E-state index is -0.296. The molecule has 1 heterocycles. The Morgan fingerprint density at radius 3 is 2.26 bits per heavy atom. The van der Waals surface area contributed by atoms with Gasteiger partial charge in [0.05, 0.1) is 27.0 Å². The highest BCUT2D eigenvalue weighted by molar-refractivity contribution is 7.71. The Bertz CT molecular complexity index is 813. The number of aromatic nitrogens is 2. The average molecular weight is 337 g/mol. The van der Waals surface area contributed by atoms with Crippen LogP contribution in [0.4, 0.5) is 0 Å². The molecule has 0 spiro atoms. The molecule has 124 valence electrons. The molecule has 0 atom stereocenters. The zero-order valence-electron chi connectivity index (χ0n) is 13.2. The summed E-state index contributed by atoms with van der Waals surface area (Å²) in [5, 5.41) is 0. The monoisotopic (exact) mass is 337 g/mol. The molecule has 23 heavy (non-hydrogen) atoms. The van der Waals surface area contributed by atoms with Crippen LogP contribution in [0.3, 0.4) is 0 Å². The summed E-state index contributed by atoms with van der Waals surface area (Å²) in [7, 11) is 4.62. The van der Waals surface area contributed by atoms with Gasteiger partial charge in [-0.2, -0.15) is 0 Å². The third kappa shape index (κ3) is 3.38. The van der Waals surface area contributed by atoms with Gasteiger partial charge in [0.15, 0.2) is 16.3 Å². The molecular weight excluding hydrogens is 318 g/mol. The van der Waals surface area contributed by atoms with E-state index in [2.05, 4.69) is 4.98 Å². The van der Waals surface area contributed by atoms with Crippen LogP contribution in [0.1, 0.15) is 0 Å². The summed E-state index contributed by atoms with van der Waals surface area (Å²) >= 11 is 5.24. The van der Waals surface area contributed by atoms with Crippen LogP contribution in [-0.2, 0) is 6.54 Å². The zero-order valence-corrected chi connectivity index (χ0v) is 14.0.